The van der Waals surface area contributed by atoms with E-state index in [2.05, 4.69) is 4.74 Å². The first kappa shape index (κ1) is 21.2. The zero-order valence-corrected chi connectivity index (χ0v) is 16.5. The molecule has 4 rings (SSSR count). The molecule has 0 saturated carbocycles. The van der Waals surface area contributed by atoms with Crippen molar-refractivity contribution in [3.05, 3.63) is 64.7 Å². The van der Waals surface area contributed by atoms with Gasteiger partial charge in [-0.25, -0.2) is 5.48 Å². The van der Waals surface area contributed by atoms with Crippen LogP contribution in [0.5, 0.6) is 5.75 Å². The molecule has 1 spiro atoms. The third-order valence-corrected chi connectivity index (χ3v) is 6.10. The van der Waals surface area contributed by atoms with E-state index in [-0.39, 0.29) is 11.7 Å². The number of nitrogens with zero attached hydrogens (tertiary/aromatic N) is 1. The van der Waals surface area contributed by atoms with Crippen LogP contribution in [0.3, 0.4) is 0 Å². The summed E-state index contributed by atoms with van der Waals surface area (Å²) in [6, 6.07) is 10.8. The summed E-state index contributed by atoms with van der Waals surface area (Å²) >= 11 is 0. The van der Waals surface area contributed by atoms with Crippen molar-refractivity contribution in [1.82, 2.24) is 10.4 Å². The molecule has 1 unspecified atom stereocenters. The van der Waals surface area contributed by atoms with E-state index < -0.39 is 17.7 Å². The summed E-state index contributed by atoms with van der Waals surface area (Å²) < 4.78 is 40.8. The van der Waals surface area contributed by atoms with Gasteiger partial charge in [-0.05, 0) is 66.6 Å². The molecule has 2 aromatic rings. The molecule has 2 amide bonds. The average molecular weight is 434 g/mol. The van der Waals surface area contributed by atoms with E-state index in [0.29, 0.717) is 44.3 Å². The Morgan fingerprint density at radius 3 is 2.55 bits per heavy atom. The van der Waals surface area contributed by atoms with Crippen LogP contribution in [-0.2, 0) is 24.2 Å². The Morgan fingerprint density at radius 1 is 1.13 bits per heavy atom. The minimum atomic E-state index is -4.74. The lowest BCUT2D eigenvalue weighted by atomic mass is 9.70. The topological polar surface area (TPSA) is 78.9 Å². The van der Waals surface area contributed by atoms with Crippen LogP contribution < -0.4 is 10.2 Å². The minimum absolute atomic E-state index is 0.0472. The lowest BCUT2D eigenvalue weighted by Gasteiger charge is -2.33. The van der Waals surface area contributed by atoms with Gasteiger partial charge in [-0.2, -0.15) is 0 Å². The zero-order chi connectivity index (χ0) is 22.2. The highest BCUT2D eigenvalue weighted by Gasteiger charge is 2.48. The maximum atomic E-state index is 13.2. The molecule has 1 aliphatic heterocycles. The number of aryl methyl sites for hydroxylation is 1. The molecule has 1 aliphatic carbocycles. The molecule has 1 saturated heterocycles. The van der Waals surface area contributed by atoms with Crippen LogP contribution in [-0.4, -0.2) is 34.8 Å². The normalized spacial score (nSPS) is 20.6. The van der Waals surface area contributed by atoms with Crippen LogP contribution in [0.15, 0.2) is 42.5 Å². The van der Waals surface area contributed by atoms with Gasteiger partial charge in [0.05, 0.1) is 5.41 Å². The number of benzene rings is 2. The molecule has 0 radical (unpaired) electrons. The summed E-state index contributed by atoms with van der Waals surface area (Å²) in [5, 5.41) is 8.80. The number of amides is 2. The number of ether oxygens (including phenoxy) is 1. The van der Waals surface area contributed by atoms with E-state index in [4.69, 9.17) is 5.21 Å². The summed E-state index contributed by atoms with van der Waals surface area (Å²) in [6.45, 7) is 0.912. The highest BCUT2D eigenvalue weighted by atomic mass is 19.4. The number of hydrogen-bond donors (Lipinski definition) is 2. The predicted molar refractivity (Wildman–Crippen MR) is 103 cm³/mol. The summed E-state index contributed by atoms with van der Waals surface area (Å²) in [5.41, 5.74) is 4.25. The molecule has 1 heterocycles. The summed E-state index contributed by atoms with van der Waals surface area (Å²) in [4.78, 5) is 26.6. The van der Waals surface area contributed by atoms with Crippen LogP contribution >= 0.6 is 0 Å². The lowest BCUT2D eigenvalue weighted by molar-refractivity contribution is -0.274. The molecule has 0 bridgehead atoms. The number of nitrogens with one attached hydrogen (secondary N) is 1. The number of halogens is 3. The Kier molecular flexibility index (Phi) is 5.38. The monoisotopic (exact) mass is 434 g/mol. The van der Waals surface area contributed by atoms with Crippen molar-refractivity contribution in [2.75, 3.05) is 6.54 Å². The van der Waals surface area contributed by atoms with Gasteiger partial charge in [0.2, 0.25) is 5.91 Å². The van der Waals surface area contributed by atoms with Crippen molar-refractivity contribution in [3.8, 4) is 5.75 Å². The number of likely N-dealkylation sites (tertiary alicyclic amines) is 1. The van der Waals surface area contributed by atoms with E-state index in [0.717, 1.165) is 16.7 Å². The number of carbonyl (C=O) groups is 2. The second-order valence-electron chi connectivity index (χ2n) is 8.05. The highest BCUT2D eigenvalue weighted by molar-refractivity contribution is 5.93. The summed E-state index contributed by atoms with van der Waals surface area (Å²) in [7, 11) is 0. The van der Waals surface area contributed by atoms with Crippen LogP contribution in [0.1, 0.15) is 39.9 Å². The van der Waals surface area contributed by atoms with Gasteiger partial charge in [-0.3, -0.25) is 14.8 Å². The summed E-state index contributed by atoms with van der Waals surface area (Å²) in [6.07, 6.45) is -2.13. The van der Waals surface area contributed by atoms with E-state index in [1.807, 2.05) is 6.07 Å². The smallest absolute Gasteiger partial charge is 0.406 e. The van der Waals surface area contributed by atoms with Gasteiger partial charge in [-0.15, -0.1) is 13.2 Å². The fourth-order valence-electron chi connectivity index (χ4n) is 4.52. The lowest BCUT2D eigenvalue weighted by Crippen LogP contribution is -2.38. The molecule has 0 aromatic heterocycles. The number of rotatable bonds is 4. The van der Waals surface area contributed by atoms with Crippen molar-refractivity contribution in [1.29, 1.82) is 0 Å². The second kappa shape index (κ2) is 7.88. The van der Waals surface area contributed by atoms with Gasteiger partial charge in [-0.1, -0.05) is 18.2 Å². The largest absolute Gasteiger partial charge is 0.573 e. The third kappa shape index (κ3) is 4.36. The van der Waals surface area contributed by atoms with Crippen molar-refractivity contribution < 1.29 is 32.7 Å². The van der Waals surface area contributed by atoms with Crippen molar-refractivity contribution in [2.45, 2.75) is 38.6 Å². The van der Waals surface area contributed by atoms with Crippen LogP contribution in [0, 0.1) is 5.41 Å². The molecule has 1 fully saturated rings. The number of hydrogen-bond acceptors (Lipinski definition) is 4. The van der Waals surface area contributed by atoms with Crippen LogP contribution in [0.25, 0.3) is 0 Å². The Morgan fingerprint density at radius 2 is 1.87 bits per heavy atom. The van der Waals surface area contributed by atoms with Crippen molar-refractivity contribution in [2.24, 2.45) is 5.41 Å². The van der Waals surface area contributed by atoms with E-state index >= 15 is 0 Å². The Bertz CT molecular complexity index is 1010. The average Bonchev–Trinajstić information content (AvgIpc) is 3.02. The molecule has 164 valence electrons. The number of alkyl halides is 3. The fourth-order valence-corrected chi connectivity index (χ4v) is 4.52. The van der Waals surface area contributed by atoms with Crippen LogP contribution in [0.2, 0.25) is 0 Å². The third-order valence-electron chi connectivity index (χ3n) is 6.10. The first-order valence-corrected chi connectivity index (χ1v) is 9.89. The van der Waals surface area contributed by atoms with Gasteiger partial charge < -0.3 is 9.64 Å². The van der Waals surface area contributed by atoms with E-state index in [1.165, 1.54) is 24.3 Å². The molecule has 6 nitrogen and oxygen atoms in total. The van der Waals surface area contributed by atoms with Gasteiger partial charge in [0, 0.05) is 18.7 Å². The van der Waals surface area contributed by atoms with E-state index in [1.54, 1.807) is 22.5 Å². The second-order valence-corrected chi connectivity index (χ2v) is 8.05. The number of hydroxylamine groups is 1. The Hall–Kier alpha value is -3.07. The fraction of sp³-hybridized carbons (Fsp3) is 0.364. The number of fused-ring (bicyclic) bond motifs is 1. The van der Waals surface area contributed by atoms with Gasteiger partial charge in [0.25, 0.3) is 5.91 Å². The van der Waals surface area contributed by atoms with Gasteiger partial charge in [0.1, 0.15) is 5.75 Å². The molecular weight excluding hydrogens is 413 g/mol. The zero-order valence-electron chi connectivity index (χ0n) is 16.5. The van der Waals surface area contributed by atoms with Gasteiger partial charge >= 0.3 is 6.36 Å². The standard InChI is InChI=1S/C22H21F3N2O4/c23-22(24,25)31-18-5-1-14(2-6-18)13-27-10-9-21(20(27)29)8-7-15-11-16(19(28)26-30)3-4-17(15)12-21/h1-6,11,30H,7-10,12-13H2,(H,26,28). The maximum absolute atomic E-state index is 13.2. The van der Waals surface area contributed by atoms with Crippen molar-refractivity contribution >= 4 is 11.8 Å². The highest BCUT2D eigenvalue weighted by Crippen LogP contribution is 2.44. The molecule has 1 atom stereocenters. The van der Waals surface area contributed by atoms with Crippen LogP contribution in [0.4, 0.5) is 13.2 Å². The predicted octanol–water partition coefficient (Wildman–Crippen LogP) is 3.61. The Labute approximate surface area is 176 Å². The molecule has 31 heavy (non-hydrogen) atoms. The number of carbonyl (C=O) groups excluding carboxylic acids is 2. The SMILES string of the molecule is O=C(NO)c1ccc2c(c1)CCC1(CCN(Cc3ccc(OC(F)(F)F)cc3)C1=O)C2. The maximum Gasteiger partial charge on any atom is 0.573 e. The summed E-state index contributed by atoms with van der Waals surface area (Å²) in [5.74, 6) is -0.817. The molecule has 9 heteroatoms. The van der Waals surface area contributed by atoms with Crippen molar-refractivity contribution in [3.63, 3.8) is 0 Å². The quantitative estimate of drug-likeness (QED) is 0.569. The minimum Gasteiger partial charge on any atom is -0.406 e. The molecule has 2 N–H and O–H groups in total. The first-order chi connectivity index (χ1) is 14.7. The van der Waals surface area contributed by atoms with Gasteiger partial charge in [0.15, 0.2) is 0 Å². The first-order valence-electron chi connectivity index (χ1n) is 9.89. The molecule has 2 aliphatic rings. The molecular formula is C22H21F3N2O4. The Balaban J connectivity index is 1.44. The molecule has 2 aromatic carbocycles. The van der Waals surface area contributed by atoms with E-state index in [9.17, 15) is 22.8 Å².